The summed E-state index contributed by atoms with van der Waals surface area (Å²) in [4.78, 5) is 18.6. The fourth-order valence-corrected chi connectivity index (χ4v) is 7.87. The van der Waals surface area contributed by atoms with E-state index < -0.39 is 47.1 Å². The van der Waals surface area contributed by atoms with Crippen LogP contribution in [0.4, 0.5) is 0 Å². The van der Waals surface area contributed by atoms with Crippen LogP contribution in [0.25, 0.3) is 0 Å². The molecule has 0 aromatic heterocycles. The van der Waals surface area contributed by atoms with Gasteiger partial charge in [-0.05, 0) is 0 Å². The van der Waals surface area contributed by atoms with Gasteiger partial charge in [-0.15, -0.1) is 34.8 Å². The van der Waals surface area contributed by atoms with Crippen molar-refractivity contribution in [3.05, 3.63) is 41.9 Å². The van der Waals surface area contributed by atoms with Gasteiger partial charge in [0.1, 0.15) is 14.6 Å². The zero-order valence-electron chi connectivity index (χ0n) is 14.4. The van der Waals surface area contributed by atoms with Gasteiger partial charge in [-0.1, -0.05) is 81.2 Å². The van der Waals surface area contributed by atoms with Crippen LogP contribution in [0, 0.1) is 0 Å². The number of hydrogen-bond donors (Lipinski definition) is 0. The van der Waals surface area contributed by atoms with E-state index in [0.29, 0.717) is 0 Å². The van der Waals surface area contributed by atoms with Gasteiger partial charge < -0.3 is 9.47 Å². The van der Waals surface area contributed by atoms with Crippen molar-refractivity contribution in [3.63, 3.8) is 0 Å². The SMILES string of the molecule is COC(=O)C1=C(C(=O)OC)C2(Cl)C(C3(Cl)C(Cl)=C(Cl)C(Cl)=C3Cl)=C(Cl)C1(Cl)C2(Cl)Cl. The van der Waals surface area contributed by atoms with Crippen molar-refractivity contribution in [2.24, 2.45) is 0 Å². The second kappa shape index (κ2) is 7.66. The van der Waals surface area contributed by atoms with E-state index in [1.807, 2.05) is 0 Å². The monoisotopic (exact) mass is 612 g/mol. The number of alkyl halides is 5. The number of ether oxygens (including phenoxy) is 2. The fourth-order valence-electron chi connectivity index (χ4n) is 3.64. The predicted molar refractivity (Wildman–Crippen MR) is 122 cm³/mol. The van der Waals surface area contributed by atoms with Gasteiger partial charge >= 0.3 is 11.9 Å². The van der Waals surface area contributed by atoms with Crippen LogP contribution in [0.15, 0.2) is 41.9 Å². The maximum atomic E-state index is 12.7. The summed E-state index contributed by atoms with van der Waals surface area (Å²) in [6, 6.07) is 0. The van der Waals surface area contributed by atoms with E-state index in [9.17, 15) is 9.59 Å². The highest BCUT2D eigenvalue weighted by Gasteiger charge is 2.83. The summed E-state index contributed by atoms with van der Waals surface area (Å²) in [6.07, 6.45) is 0. The molecule has 3 rings (SSSR count). The summed E-state index contributed by atoms with van der Waals surface area (Å²) in [7, 11) is 2.07. The van der Waals surface area contributed by atoms with Crippen LogP contribution in [0.5, 0.6) is 0 Å². The molecule has 0 radical (unpaired) electrons. The molecule has 3 aliphatic rings. The Morgan fingerprint density at radius 2 is 1.03 bits per heavy atom. The molecular weight excluding hydrogens is 611 g/mol. The smallest absolute Gasteiger partial charge is 0.336 e. The quantitative estimate of drug-likeness (QED) is 0.263. The van der Waals surface area contributed by atoms with Crippen LogP contribution in [0.1, 0.15) is 0 Å². The van der Waals surface area contributed by atoms with Gasteiger partial charge in [0, 0.05) is 5.57 Å². The van der Waals surface area contributed by atoms with Gasteiger partial charge in [0.2, 0.25) is 0 Å². The molecular formula is C16H6Cl10O4. The third kappa shape index (κ3) is 2.58. The number of methoxy groups -OCH3 is 2. The second-order valence-corrected chi connectivity index (χ2v) is 11.1. The van der Waals surface area contributed by atoms with Gasteiger partial charge in [-0.25, -0.2) is 9.59 Å². The van der Waals surface area contributed by atoms with E-state index in [1.165, 1.54) is 0 Å². The molecule has 0 aromatic carbocycles. The summed E-state index contributed by atoms with van der Waals surface area (Å²) >= 11 is 65.0. The summed E-state index contributed by atoms with van der Waals surface area (Å²) < 4.78 is 7.15. The molecule has 0 aliphatic heterocycles. The number of halogens is 10. The predicted octanol–water partition coefficient (Wildman–Crippen LogP) is 6.65. The Morgan fingerprint density at radius 3 is 1.40 bits per heavy atom. The number of esters is 2. The number of fused-ring (bicyclic) bond motifs is 2. The standard InChI is InChI=1S/C16H6Cl10O4/c1-29-11(27)3-4(12(28)30-2)15(24)10(21)7(14(3,23)16(15,25)26)13(22)8(19)5(17)6(18)9(13)20/h1-2H3. The Hall–Kier alpha value is 0.800. The molecule has 3 aliphatic carbocycles. The molecule has 0 saturated heterocycles. The molecule has 4 nitrogen and oxygen atoms in total. The van der Waals surface area contributed by atoms with Crippen molar-refractivity contribution < 1.29 is 19.1 Å². The molecule has 14 heteroatoms. The van der Waals surface area contributed by atoms with Crippen molar-refractivity contribution in [3.8, 4) is 0 Å². The normalized spacial score (nSPS) is 31.9. The summed E-state index contributed by atoms with van der Waals surface area (Å²) in [5.74, 6) is -2.18. The molecule has 0 N–H and O–H groups in total. The highest BCUT2D eigenvalue weighted by Crippen LogP contribution is 2.77. The highest BCUT2D eigenvalue weighted by molar-refractivity contribution is 6.68. The Labute approximate surface area is 220 Å². The highest BCUT2D eigenvalue weighted by atomic mass is 35.5. The minimum atomic E-state index is -2.36. The molecule has 2 unspecified atom stereocenters. The summed E-state index contributed by atoms with van der Waals surface area (Å²) in [5.41, 5.74) is -1.38. The maximum Gasteiger partial charge on any atom is 0.336 e. The first-order valence-electron chi connectivity index (χ1n) is 7.52. The van der Waals surface area contributed by atoms with Crippen molar-refractivity contribution in [2.45, 2.75) is 19.0 Å². The lowest BCUT2D eigenvalue weighted by molar-refractivity contribution is -0.139. The Bertz CT molecular complexity index is 1010. The summed E-state index contributed by atoms with van der Waals surface area (Å²) in [6.45, 7) is 0. The largest absolute Gasteiger partial charge is 0.466 e. The zero-order valence-corrected chi connectivity index (χ0v) is 22.0. The molecule has 0 fully saturated rings. The van der Waals surface area contributed by atoms with E-state index in [1.54, 1.807) is 0 Å². The van der Waals surface area contributed by atoms with Crippen LogP contribution in [-0.4, -0.2) is 45.1 Å². The van der Waals surface area contributed by atoms with Crippen molar-refractivity contribution >= 4 is 128 Å². The van der Waals surface area contributed by atoms with E-state index in [2.05, 4.69) is 0 Å². The molecule has 2 atom stereocenters. The van der Waals surface area contributed by atoms with Crippen molar-refractivity contribution in [1.29, 1.82) is 0 Å². The van der Waals surface area contributed by atoms with Crippen LogP contribution < -0.4 is 0 Å². The third-order valence-corrected chi connectivity index (χ3v) is 11.1. The average molecular weight is 617 g/mol. The zero-order chi connectivity index (χ0) is 23.2. The first-order valence-corrected chi connectivity index (χ1v) is 11.3. The Kier molecular flexibility index (Phi) is 6.49. The van der Waals surface area contributed by atoms with Crippen molar-refractivity contribution in [1.82, 2.24) is 0 Å². The molecule has 30 heavy (non-hydrogen) atoms. The lowest BCUT2D eigenvalue weighted by Crippen LogP contribution is -2.49. The average Bonchev–Trinajstić information content (AvgIpc) is 3.00. The molecule has 0 aromatic rings. The van der Waals surface area contributed by atoms with Gasteiger partial charge in [-0.3, -0.25) is 0 Å². The van der Waals surface area contributed by atoms with Gasteiger partial charge in [0.05, 0.1) is 50.5 Å². The van der Waals surface area contributed by atoms with Gasteiger partial charge in [-0.2, -0.15) is 0 Å². The third-order valence-electron chi connectivity index (χ3n) is 4.98. The molecule has 0 amide bonds. The number of rotatable bonds is 3. The molecule has 164 valence electrons. The molecule has 2 bridgehead atoms. The van der Waals surface area contributed by atoms with Crippen LogP contribution in [0.3, 0.4) is 0 Å². The van der Waals surface area contributed by atoms with E-state index in [0.717, 1.165) is 14.2 Å². The first kappa shape index (κ1) is 25.4. The summed E-state index contributed by atoms with van der Waals surface area (Å²) in [5, 5.41) is -1.41. The van der Waals surface area contributed by atoms with Crippen LogP contribution >= 0.6 is 116 Å². The topological polar surface area (TPSA) is 52.6 Å². The minimum Gasteiger partial charge on any atom is -0.466 e. The molecule has 0 heterocycles. The van der Waals surface area contributed by atoms with Gasteiger partial charge in [0.25, 0.3) is 0 Å². The first-order chi connectivity index (χ1) is 13.6. The Morgan fingerprint density at radius 1 is 0.667 bits per heavy atom. The van der Waals surface area contributed by atoms with Gasteiger partial charge in [0.15, 0.2) is 4.33 Å². The lowest BCUT2D eigenvalue weighted by atomic mass is 9.82. The number of carbonyl (C=O) groups is 2. The minimum absolute atomic E-state index is 0.200. The number of allylic oxidation sites excluding steroid dienone is 6. The van der Waals surface area contributed by atoms with Crippen LogP contribution in [-0.2, 0) is 19.1 Å². The Balaban J connectivity index is 2.49. The van der Waals surface area contributed by atoms with E-state index in [-0.39, 0.29) is 25.7 Å². The molecule has 0 saturated carbocycles. The number of hydrogen-bond acceptors (Lipinski definition) is 4. The molecule has 0 spiro atoms. The lowest BCUT2D eigenvalue weighted by Gasteiger charge is -2.38. The maximum absolute atomic E-state index is 12.7. The second-order valence-electron chi connectivity index (χ2n) is 6.23. The number of carbonyl (C=O) groups excluding carboxylic acids is 2. The van der Waals surface area contributed by atoms with E-state index in [4.69, 9.17) is 125 Å². The van der Waals surface area contributed by atoms with Crippen molar-refractivity contribution in [2.75, 3.05) is 14.2 Å². The van der Waals surface area contributed by atoms with Crippen LogP contribution in [0.2, 0.25) is 0 Å². The van der Waals surface area contributed by atoms with E-state index >= 15 is 0 Å². The fraction of sp³-hybridized carbons (Fsp3) is 0.375.